The van der Waals surface area contributed by atoms with Crippen LogP contribution in [0.2, 0.25) is 10.0 Å². The Morgan fingerprint density at radius 3 is 2.29 bits per heavy atom. The molecule has 0 saturated carbocycles. The number of amides is 2. The summed E-state index contributed by atoms with van der Waals surface area (Å²) >= 11 is 12.4. The van der Waals surface area contributed by atoms with Crippen LogP contribution in [-0.2, 0) is 32.3 Å². The molecule has 0 saturated heterocycles. The van der Waals surface area contributed by atoms with Gasteiger partial charge in [-0.1, -0.05) is 66.9 Å². The average molecular weight is 645 g/mol. The second-order valence-corrected chi connectivity index (χ2v) is 12.2. The number of halogens is 5. The number of nitrogens with one attached hydrogen (secondary N) is 1. The van der Waals surface area contributed by atoms with E-state index in [1.165, 1.54) is 31.2 Å². The summed E-state index contributed by atoms with van der Waals surface area (Å²) in [7, 11) is -4.60. The molecule has 1 atom stereocenters. The van der Waals surface area contributed by atoms with Gasteiger partial charge in [-0.25, -0.2) is 8.42 Å². The maximum absolute atomic E-state index is 13.9. The lowest BCUT2D eigenvalue weighted by Crippen LogP contribution is -2.51. The Morgan fingerprint density at radius 2 is 1.67 bits per heavy atom. The van der Waals surface area contributed by atoms with Gasteiger partial charge in [-0.05, 0) is 61.4 Å². The van der Waals surface area contributed by atoms with E-state index >= 15 is 0 Å². The average Bonchev–Trinajstić information content (AvgIpc) is 2.94. The third kappa shape index (κ3) is 8.39. The number of carbonyl (C=O) groups is 2. The molecule has 2 amide bonds. The number of benzene rings is 3. The van der Waals surface area contributed by atoms with E-state index in [1.807, 2.05) is 6.92 Å². The number of carbonyl (C=O) groups excluding carboxylic acids is 2. The van der Waals surface area contributed by atoms with E-state index in [4.69, 9.17) is 23.2 Å². The van der Waals surface area contributed by atoms with Gasteiger partial charge in [0.05, 0.1) is 21.2 Å². The van der Waals surface area contributed by atoms with Crippen molar-refractivity contribution in [1.82, 2.24) is 10.2 Å². The van der Waals surface area contributed by atoms with E-state index in [9.17, 15) is 31.2 Å². The second-order valence-electron chi connectivity index (χ2n) is 9.46. The van der Waals surface area contributed by atoms with Crippen molar-refractivity contribution in [3.8, 4) is 0 Å². The van der Waals surface area contributed by atoms with Crippen molar-refractivity contribution >= 4 is 50.7 Å². The van der Waals surface area contributed by atoms with E-state index in [2.05, 4.69) is 5.32 Å². The summed E-state index contributed by atoms with van der Waals surface area (Å²) in [5, 5.41) is 2.81. The lowest BCUT2D eigenvalue weighted by Gasteiger charge is -2.32. The maximum atomic E-state index is 13.9. The molecule has 0 aromatic heterocycles. The molecule has 42 heavy (non-hydrogen) atoms. The summed E-state index contributed by atoms with van der Waals surface area (Å²) < 4.78 is 69.0. The minimum Gasteiger partial charge on any atom is -0.354 e. The predicted octanol–water partition coefficient (Wildman–Crippen LogP) is 6.54. The van der Waals surface area contributed by atoms with Crippen LogP contribution in [-0.4, -0.2) is 44.3 Å². The predicted molar refractivity (Wildman–Crippen MR) is 157 cm³/mol. The summed E-state index contributed by atoms with van der Waals surface area (Å²) in [5.41, 5.74) is -1.13. The molecule has 0 aliphatic heterocycles. The number of hydrogen-bond acceptors (Lipinski definition) is 4. The molecule has 0 radical (unpaired) electrons. The van der Waals surface area contributed by atoms with E-state index in [-0.39, 0.29) is 16.5 Å². The van der Waals surface area contributed by atoms with Crippen molar-refractivity contribution in [1.29, 1.82) is 0 Å². The van der Waals surface area contributed by atoms with Crippen molar-refractivity contribution in [3.05, 3.63) is 94.0 Å². The van der Waals surface area contributed by atoms with E-state index in [0.29, 0.717) is 33.9 Å². The molecule has 1 N–H and O–H groups in total. The molecule has 7 nitrogen and oxygen atoms in total. The van der Waals surface area contributed by atoms with Crippen LogP contribution in [0.25, 0.3) is 0 Å². The smallest absolute Gasteiger partial charge is 0.354 e. The zero-order valence-electron chi connectivity index (χ0n) is 22.9. The van der Waals surface area contributed by atoms with Crippen molar-refractivity contribution in [3.63, 3.8) is 0 Å². The zero-order valence-corrected chi connectivity index (χ0v) is 25.2. The van der Waals surface area contributed by atoms with Crippen LogP contribution in [0.3, 0.4) is 0 Å². The minimum absolute atomic E-state index is 0.128. The molecule has 3 aromatic rings. The molecule has 0 heterocycles. The van der Waals surface area contributed by atoms with Gasteiger partial charge in [-0.3, -0.25) is 13.9 Å². The van der Waals surface area contributed by atoms with Crippen LogP contribution in [0.4, 0.5) is 18.9 Å². The normalized spacial score (nSPS) is 12.5. The lowest BCUT2D eigenvalue weighted by atomic mass is 10.1. The van der Waals surface area contributed by atoms with Crippen molar-refractivity contribution < 1.29 is 31.2 Å². The molecule has 0 fully saturated rings. The largest absolute Gasteiger partial charge is 0.416 e. The summed E-state index contributed by atoms with van der Waals surface area (Å²) in [5.74, 6) is -1.32. The molecule has 226 valence electrons. The van der Waals surface area contributed by atoms with Crippen molar-refractivity contribution in [2.75, 3.05) is 17.4 Å². The Kier molecular flexibility index (Phi) is 11.3. The Morgan fingerprint density at radius 1 is 0.976 bits per heavy atom. The highest BCUT2D eigenvalue weighted by atomic mass is 35.5. The van der Waals surface area contributed by atoms with E-state index in [0.717, 1.165) is 23.5 Å². The Balaban J connectivity index is 2.10. The molecule has 3 rings (SSSR count). The van der Waals surface area contributed by atoms with Crippen LogP contribution in [0.1, 0.15) is 37.8 Å². The Hall–Kier alpha value is -3.28. The molecule has 0 aliphatic carbocycles. The molecule has 0 spiro atoms. The zero-order chi connectivity index (χ0) is 31.1. The van der Waals surface area contributed by atoms with E-state index in [1.54, 1.807) is 30.3 Å². The third-order valence-electron chi connectivity index (χ3n) is 6.39. The van der Waals surface area contributed by atoms with Gasteiger partial charge >= 0.3 is 6.18 Å². The molecular weight excluding hydrogens is 614 g/mol. The number of hydrogen-bond donors (Lipinski definition) is 1. The van der Waals surface area contributed by atoms with Gasteiger partial charge in [-0.2, -0.15) is 13.2 Å². The standard InChI is InChI=1S/C29H30Cl2F3N3O4S/c1-3-4-15-35-28(39)20(2)36(18-21-9-8-10-23(30)16-21)27(38)19-37(42(40,41)24-11-6-5-7-12-24)26-17-22(29(32,33)34)13-14-25(26)31/h5-14,16-17,20H,3-4,15,18-19H2,1-2H3,(H,35,39)/t20-/m1/s1. The highest BCUT2D eigenvalue weighted by molar-refractivity contribution is 7.92. The molecule has 13 heteroatoms. The number of anilines is 1. The SMILES string of the molecule is CCCCNC(=O)[C@@H](C)N(Cc1cccc(Cl)c1)C(=O)CN(c1cc(C(F)(F)F)ccc1Cl)S(=O)(=O)c1ccccc1. The van der Waals surface area contributed by atoms with Gasteiger partial charge in [0, 0.05) is 18.1 Å². The summed E-state index contributed by atoms with van der Waals surface area (Å²) in [6.07, 6.45) is -3.28. The maximum Gasteiger partial charge on any atom is 0.416 e. The summed E-state index contributed by atoms with van der Waals surface area (Å²) in [6.45, 7) is 2.73. The first kappa shape index (κ1) is 33.2. The van der Waals surface area contributed by atoms with Gasteiger partial charge in [0.2, 0.25) is 11.8 Å². The number of sulfonamides is 1. The van der Waals surface area contributed by atoms with Crippen LogP contribution < -0.4 is 9.62 Å². The van der Waals surface area contributed by atoms with Gasteiger partial charge in [-0.15, -0.1) is 0 Å². The van der Waals surface area contributed by atoms with Crippen molar-refractivity contribution in [2.24, 2.45) is 0 Å². The van der Waals surface area contributed by atoms with Gasteiger partial charge < -0.3 is 10.2 Å². The van der Waals surface area contributed by atoms with Gasteiger partial charge in [0.15, 0.2) is 0 Å². The number of rotatable bonds is 12. The topological polar surface area (TPSA) is 86.8 Å². The minimum atomic E-state index is -4.81. The first-order chi connectivity index (χ1) is 19.8. The van der Waals surface area contributed by atoms with Crippen LogP contribution in [0.5, 0.6) is 0 Å². The molecule has 0 aliphatic rings. The molecule has 0 unspecified atom stereocenters. The lowest BCUT2D eigenvalue weighted by molar-refractivity contribution is -0.139. The van der Waals surface area contributed by atoms with Crippen LogP contribution in [0.15, 0.2) is 77.7 Å². The fourth-order valence-electron chi connectivity index (χ4n) is 4.06. The number of unbranched alkanes of at least 4 members (excludes halogenated alkanes) is 1. The summed E-state index contributed by atoms with van der Waals surface area (Å²) in [4.78, 5) is 27.8. The number of alkyl halides is 3. The monoisotopic (exact) mass is 643 g/mol. The highest BCUT2D eigenvalue weighted by Crippen LogP contribution is 2.37. The van der Waals surface area contributed by atoms with E-state index < -0.39 is 51.9 Å². The van der Waals surface area contributed by atoms with Gasteiger partial charge in [0.1, 0.15) is 12.6 Å². The highest BCUT2D eigenvalue weighted by Gasteiger charge is 2.36. The molecule has 3 aromatic carbocycles. The fourth-order valence-corrected chi connectivity index (χ4v) is 5.99. The summed E-state index contributed by atoms with van der Waals surface area (Å²) in [6, 6.07) is 14.7. The Bertz CT molecular complexity index is 1510. The van der Waals surface area contributed by atoms with Gasteiger partial charge in [0.25, 0.3) is 10.0 Å². The molecule has 0 bridgehead atoms. The quantitative estimate of drug-likeness (QED) is 0.227. The van der Waals surface area contributed by atoms with Crippen molar-refractivity contribution in [2.45, 2.75) is 50.3 Å². The third-order valence-corrected chi connectivity index (χ3v) is 8.72. The second kappa shape index (κ2) is 14.3. The van der Waals surface area contributed by atoms with Crippen LogP contribution >= 0.6 is 23.2 Å². The molecular formula is C29H30Cl2F3N3O4S. The first-order valence-electron chi connectivity index (χ1n) is 13.0. The van der Waals surface area contributed by atoms with Crippen LogP contribution in [0, 0.1) is 0 Å². The number of nitrogens with zero attached hydrogens (tertiary/aromatic N) is 2. The Labute approximate surface area is 253 Å². The first-order valence-corrected chi connectivity index (χ1v) is 15.2. The fraction of sp³-hybridized carbons (Fsp3) is 0.310.